The lowest BCUT2D eigenvalue weighted by atomic mass is 9.81. The quantitative estimate of drug-likeness (QED) is 0.400. The first-order valence-corrected chi connectivity index (χ1v) is 15.4. The van der Waals surface area contributed by atoms with Gasteiger partial charge >= 0.3 is 13.1 Å². The van der Waals surface area contributed by atoms with Crippen LogP contribution in [0.25, 0.3) is 0 Å². The fourth-order valence-corrected chi connectivity index (χ4v) is 6.45. The first-order valence-electron chi connectivity index (χ1n) is 14.3. The van der Waals surface area contributed by atoms with E-state index in [-0.39, 0.29) is 18.3 Å². The van der Waals surface area contributed by atoms with Crippen molar-refractivity contribution < 1.29 is 23.0 Å². The number of hydrogen-bond acceptors (Lipinski definition) is 5. The average molecular weight is 555 g/mol. The van der Waals surface area contributed by atoms with E-state index >= 15 is 0 Å². The Morgan fingerprint density at radius 1 is 0.974 bits per heavy atom. The van der Waals surface area contributed by atoms with Gasteiger partial charge < -0.3 is 19.4 Å². The number of rotatable bonds is 7. The van der Waals surface area contributed by atoms with Gasteiger partial charge in [0.1, 0.15) is 5.75 Å². The molecule has 0 saturated carbocycles. The molecule has 5 rings (SSSR count). The number of hydrogen-bond donors (Lipinski definition) is 2. The van der Waals surface area contributed by atoms with E-state index in [9.17, 15) is 9.00 Å². The molecule has 9 heteroatoms. The molecule has 2 aromatic carbocycles. The Hall–Kier alpha value is -2.36. The molecular formula is C30H43BN2O5S. The van der Waals surface area contributed by atoms with E-state index in [2.05, 4.69) is 16.1 Å². The van der Waals surface area contributed by atoms with Crippen molar-refractivity contribution in [1.29, 1.82) is 0 Å². The van der Waals surface area contributed by atoms with Crippen molar-refractivity contribution in [3.8, 4) is 5.75 Å². The number of ether oxygens (including phenoxy) is 1. The maximum Gasteiger partial charge on any atom is 0.458 e. The van der Waals surface area contributed by atoms with E-state index < -0.39 is 17.0 Å². The summed E-state index contributed by atoms with van der Waals surface area (Å²) in [4.78, 5) is 13.5. The largest absolute Gasteiger partial charge is 0.496 e. The summed E-state index contributed by atoms with van der Waals surface area (Å²) in [6.45, 7) is 12.1. The number of carbonyl (C=O) groups excluding carboxylic acids is 1. The molecule has 3 aliphatic rings. The van der Waals surface area contributed by atoms with Crippen LogP contribution in [-0.2, 0) is 52.4 Å². The Labute approximate surface area is 236 Å². The lowest BCUT2D eigenvalue weighted by molar-refractivity contribution is 0.00578. The average Bonchev–Trinajstić information content (AvgIpc) is 3.61. The summed E-state index contributed by atoms with van der Waals surface area (Å²) in [5.41, 5.74) is 6.24. The standard InChI is InChI=1S/C28H37BN2O5S.C2H6/c1-27(2)28(3,4)36-29(35-27)15-14-20-17-21(12-13-24(20)34-5)37(33)31-26(32)30-25-22-10-6-8-18(22)16-19-9-7-11-23(19)25;1-2/h12-13,16-17H,6-11,14-15H2,1-5H3,(H2,30,31,32);1-2H3. The monoisotopic (exact) mass is 554 g/mol. The molecule has 1 aliphatic heterocycles. The van der Waals surface area contributed by atoms with E-state index in [1.54, 1.807) is 19.2 Å². The van der Waals surface area contributed by atoms with Gasteiger partial charge in [0.2, 0.25) is 0 Å². The Bertz CT molecular complexity index is 1200. The topological polar surface area (TPSA) is 85.9 Å². The van der Waals surface area contributed by atoms with Crippen molar-refractivity contribution in [2.24, 2.45) is 0 Å². The molecule has 0 bridgehead atoms. The van der Waals surface area contributed by atoms with Gasteiger partial charge in [0.25, 0.3) is 0 Å². The zero-order chi connectivity index (χ0) is 28.4. The van der Waals surface area contributed by atoms with E-state index in [0.717, 1.165) is 49.8 Å². The van der Waals surface area contributed by atoms with Crippen molar-refractivity contribution in [3.63, 3.8) is 0 Å². The summed E-state index contributed by atoms with van der Waals surface area (Å²) in [6.07, 6.45) is 7.56. The highest BCUT2D eigenvalue weighted by Crippen LogP contribution is 2.39. The van der Waals surface area contributed by atoms with Gasteiger partial charge in [-0.2, -0.15) is 0 Å². The van der Waals surface area contributed by atoms with Crippen molar-refractivity contribution >= 4 is 29.8 Å². The van der Waals surface area contributed by atoms with Gasteiger partial charge in [-0.15, -0.1) is 0 Å². The highest BCUT2D eigenvalue weighted by atomic mass is 32.2. The van der Waals surface area contributed by atoms with Crippen LogP contribution in [0.2, 0.25) is 6.32 Å². The van der Waals surface area contributed by atoms with E-state index in [4.69, 9.17) is 14.0 Å². The van der Waals surface area contributed by atoms with Crippen LogP contribution in [0, 0.1) is 0 Å². The van der Waals surface area contributed by atoms with Crippen LogP contribution in [0.5, 0.6) is 5.75 Å². The number of benzene rings is 2. The Morgan fingerprint density at radius 2 is 1.56 bits per heavy atom. The number of aryl methyl sites for hydroxylation is 3. The number of urea groups is 1. The van der Waals surface area contributed by atoms with Crippen molar-refractivity contribution in [3.05, 3.63) is 52.1 Å². The second-order valence-corrected chi connectivity index (χ2v) is 12.5. The maximum atomic E-state index is 13.1. The number of anilines is 1. The molecule has 0 aromatic heterocycles. The number of carbonyl (C=O) groups is 1. The lowest BCUT2D eigenvalue weighted by Gasteiger charge is -2.32. The van der Waals surface area contributed by atoms with Gasteiger partial charge in [-0.05, 0) is 125 Å². The molecule has 1 unspecified atom stereocenters. The van der Waals surface area contributed by atoms with E-state index in [0.29, 0.717) is 23.4 Å². The van der Waals surface area contributed by atoms with E-state index in [1.165, 1.54) is 22.3 Å². The molecule has 2 aliphatic carbocycles. The number of fused-ring (bicyclic) bond motifs is 2. The Balaban J connectivity index is 0.00000172. The smallest absolute Gasteiger partial charge is 0.458 e. The third-order valence-corrected chi connectivity index (χ3v) is 9.37. The highest BCUT2D eigenvalue weighted by Gasteiger charge is 2.50. The van der Waals surface area contributed by atoms with Crippen LogP contribution >= 0.6 is 0 Å². The summed E-state index contributed by atoms with van der Waals surface area (Å²) in [5.74, 6) is 0.706. The molecule has 1 heterocycles. The van der Waals surface area contributed by atoms with Crippen molar-refractivity contribution in [2.45, 2.75) is 109 Å². The second kappa shape index (κ2) is 12.0. The summed E-state index contributed by atoms with van der Waals surface area (Å²) < 4.78 is 33.6. The summed E-state index contributed by atoms with van der Waals surface area (Å²) >= 11 is 0. The minimum Gasteiger partial charge on any atom is -0.496 e. The van der Waals surface area contributed by atoms with Crippen molar-refractivity contribution in [2.75, 3.05) is 12.4 Å². The van der Waals surface area contributed by atoms with Gasteiger partial charge in [0.15, 0.2) is 11.0 Å². The zero-order valence-electron chi connectivity index (χ0n) is 24.5. The second-order valence-electron chi connectivity index (χ2n) is 11.3. The Morgan fingerprint density at radius 3 is 2.13 bits per heavy atom. The predicted molar refractivity (Wildman–Crippen MR) is 158 cm³/mol. The highest BCUT2D eigenvalue weighted by molar-refractivity contribution is 7.83. The van der Waals surface area contributed by atoms with Crippen LogP contribution in [0.15, 0.2) is 29.2 Å². The summed E-state index contributed by atoms with van der Waals surface area (Å²) in [6, 6.07) is 7.24. The number of nitrogens with one attached hydrogen (secondary N) is 2. The minimum absolute atomic E-state index is 0.331. The van der Waals surface area contributed by atoms with Crippen molar-refractivity contribution in [1.82, 2.24) is 4.72 Å². The maximum absolute atomic E-state index is 13.1. The van der Waals surface area contributed by atoms with Gasteiger partial charge in [-0.1, -0.05) is 19.9 Å². The lowest BCUT2D eigenvalue weighted by Crippen LogP contribution is -2.41. The molecule has 2 aromatic rings. The van der Waals surface area contributed by atoms with Crippen LogP contribution in [0.4, 0.5) is 10.5 Å². The molecule has 2 N–H and O–H groups in total. The third kappa shape index (κ3) is 6.20. The SMILES string of the molecule is CC.COc1ccc(S(=O)NC(=O)Nc2c3c(cc4c2CCC4)CCC3)cc1CCB1OC(C)(C)C(C)(C)O1. The predicted octanol–water partition coefficient (Wildman–Crippen LogP) is 6.18. The Kier molecular flexibility index (Phi) is 9.13. The van der Waals surface area contributed by atoms with Crippen LogP contribution in [0.1, 0.15) is 82.2 Å². The fraction of sp³-hybridized carbons (Fsp3) is 0.567. The van der Waals surface area contributed by atoms with Gasteiger partial charge in [0, 0.05) is 5.69 Å². The molecule has 39 heavy (non-hydrogen) atoms. The van der Waals surface area contributed by atoms with E-state index in [1.807, 2.05) is 47.6 Å². The first kappa shape index (κ1) is 29.6. The number of methoxy groups -OCH3 is 1. The van der Waals surface area contributed by atoms with Gasteiger partial charge in [-0.25, -0.2) is 9.00 Å². The molecule has 1 fully saturated rings. The number of amides is 2. The summed E-state index contributed by atoms with van der Waals surface area (Å²) in [7, 11) is -0.428. The molecule has 0 radical (unpaired) electrons. The fourth-order valence-electron chi connectivity index (χ4n) is 5.67. The van der Waals surface area contributed by atoms with Crippen LogP contribution < -0.4 is 14.8 Å². The normalized spacial score (nSPS) is 19.0. The minimum atomic E-state index is -1.71. The molecule has 7 nitrogen and oxygen atoms in total. The summed E-state index contributed by atoms with van der Waals surface area (Å²) in [5, 5.41) is 3.06. The van der Waals surface area contributed by atoms with Gasteiger partial charge in [-0.3, -0.25) is 4.72 Å². The molecule has 1 atom stereocenters. The van der Waals surface area contributed by atoms with Crippen LogP contribution in [0.3, 0.4) is 0 Å². The molecular weight excluding hydrogens is 511 g/mol. The van der Waals surface area contributed by atoms with Crippen LogP contribution in [-0.4, -0.2) is 35.7 Å². The zero-order valence-corrected chi connectivity index (χ0v) is 25.3. The third-order valence-electron chi connectivity index (χ3n) is 8.31. The molecule has 0 spiro atoms. The molecule has 212 valence electrons. The molecule has 2 amide bonds. The first-order chi connectivity index (χ1) is 18.6. The molecule has 1 saturated heterocycles. The van der Waals surface area contributed by atoms with Gasteiger partial charge in [0.05, 0.1) is 23.2 Å².